The summed E-state index contributed by atoms with van der Waals surface area (Å²) >= 11 is 0. The molecule has 75 heavy (non-hydrogen) atoms. The molecule has 2 aromatic carbocycles. The van der Waals surface area contributed by atoms with Gasteiger partial charge in [-0.1, -0.05) is 0 Å². The van der Waals surface area contributed by atoms with Crippen LogP contribution in [0.4, 0.5) is 20.2 Å². The number of unbranched alkanes of at least 4 members (excludes halogenated alkanes) is 4. The van der Waals surface area contributed by atoms with Crippen molar-refractivity contribution in [2.45, 2.75) is 147 Å². The van der Waals surface area contributed by atoms with Crippen LogP contribution in [0.1, 0.15) is 83.3 Å². The standard InChI is InChI=1S/C27H32FNO11.C20H24FNO8.CH4O.CH3O.Na/c1-6-7-8-9-10-21(33)29-19-11-12-20(18(13-19)14-28)39-27-25(38-17(4)32)23(37-16(3)31)22(36-15(2)30)24(40-27)26(34)35-5;1-2-3-4-5-6-14(23)22-12-7-8-13(11(9-12)10-21)29-20-17(26)15(24)16(25)18(30-20)19(27)28;2*1-2;/h1,11-13,22-25,27H,7-10,14H2,2-5H3,(H,29,33);1,7-9,15-18,20,24-26H,3-6,10H2,(H,22,23)(H,27,28);2H,1H3;1H3;/q;;;-1;+1. The number of aliphatic hydroxyl groups excluding tert-OH is 4. The summed E-state index contributed by atoms with van der Waals surface area (Å²) in [5.41, 5.74) is 0.601. The van der Waals surface area contributed by atoms with Crippen LogP contribution in [0.5, 0.6) is 11.5 Å². The van der Waals surface area contributed by atoms with Gasteiger partial charge in [0.1, 0.15) is 43.2 Å². The molecule has 2 saturated heterocycles. The molecule has 0 aromatic heterocycles. The molecule has 10 unspecified atom stereocenters. The van der Waals surface area contributed by atoms with Crippen molar-refractivity contribution in [2.75, 3.05) is 32.0 Å². The van der Waals surface area contributed by atoms with Gasteiger partial charge < -0.3 is 79.2 Å². The van der Waals surface area contributed by atoms with E-state index in [-0.39, 0.29) is 76.8 Å². The number of rotatable bonds is 21. The van der Waals surface area contributed by atoms with Crippen LogP contribution in [-0.4, -0.2) is 150 Å². The Bertz CT molecular complexity index is 2240. The van der Waals surface area contributed by atoms with E-state index in [0.717, 1.165) is 42.1 Å². The van der Waals surface area contributed by atoms with Crippen LogP contribution in [0, 0.1) is 24.7 Å². The largest absolute Gasteiger partial charge is 1.00 e. The number of nitrogens with one attached hydrogen (secondary N) is 2. The van der Waals surface area contributed by atoms with Gasteiger partial charge >= 0.3 is 59.4 Å². The van der Waals surface area contributed by atoms with E-state index < -0.39 is 105 Å². The van der Waals surface area contributed by atoms with Crippen LogP contribution in [0.2, 0.25) is 0 Å². The van der Waals surface area contributed by atoms with Gasteiger partial charge in [-0.3, -0.25) is 24.0 Å². The molecule has 26 heteroatoms. The number of carboxylic acid groups (broad SMARTS) is 1. The number of benzene rings is 2. The van der Waals surface area contributed by atoms with Crippen molar-refractivity contribution in [3.8, 4) is 36.2 Å². The number of ether oxygens (including phenoxy) is 8. The topological polar surface area (TPSA) is 342 Å². The van der Waals surface area contributed by atoms with Crippen molar-refractivity contribution in [2.24, 2.45) is 0 Å². The first-order valence-electron chi connectivity index (χ1n) is 22.5. The Kier molecular flexibility index (Phi) is 34.0. The number of hydrogen-bond acceptors (Lipinski definition) is 20. The summed E-state index contributed by atoms with van der Waals surface area (Å²) in [5.74, 6) is -0.868. The van der Waals surface area contributed by atoms with Gasteiger partial charge in [0.05, 0.1) is 7.11 Å². The van der Waals surface area contributed by atoms with E-state index in [4.69, 9.17) is 66.1 Å². The second-order valence-corrected chi connectivity index (χ2v) is 15.5. The molecule has 0 spiro atoms. The van der Waals surface area contributed by atoms with Gasteiger partial charge in [-0.05, 0) is 62.1 Å². The Morgan fingerprint density at radius 1 is 0.640 bits per heavy atom. The third kappa shape index (κ3) is 22.8. The predicted molar refractivity (Wildman–Crippen MR) is 251 cm³/mol. The summed E-state index contributed by atoms with van der Waals surface area (Å²) in [4.78, 5) is 83.5. The molecule has 0 aliphatic carbocycles. The SMILES string of the molecule is C#CCCCCC(=O)Nc1ccc(OC2OC(C(=O)O)C(O)C(O)C2O)c(CF)c1.C#CCCCCC(=O)Nc1ccc(OC2OC(C(=O)OC)C(OC(C)=O)C(OC(C)=O)C2OC(C)=O)c(CF)c1.CO.C[O-].[Na+]. The van der Waals surface area contributed by atoms with Gasteiger partial charge in [0.2, 0.25) is 30.5 Å². The Hall–Kier alpha value is -5.97. The molecular formula is C49H63F2N2NaO21. The summed E-state index contributed by atoms with van der Waals surface area (Å²) in [7, 11) is 2.80. The minimum absolute atomic E-state index is 0. The Labute approximate surface area is 454 Å². The van der Waals surface area contributed by atoms with E-state index in [1.807, 2.05) is 0 Å². The number of aliphatic carboxylic acids is 1. The first kappa shape index (κ1) is 69.0. The molecular weight excluding hydrogens is 1010 g/mol. The molecule has 410 valence electrons. The summed E-state index contributed by atoms with van der Waals surface area (Å²) in [5, 5.41) is 59.1. The normalized spacial score (nSPS) is 22.1. The molecule has 2 amide bonds. The molecule has 2 fully saturated rings. The number of carbonyl (C=O) groups is 7. The zero-order chi connectivity index (χ0) is 56.1. The molecule has 0 saturated carbocycles. The van der Waals surface area contributed by atoms with E-state index in [1.165, 1.54) is 36.4 Å². The quantitative estimate of drug-likeness (QED) is 0.0246. The number of carboxylic acids is 1. The monoisotopic (exact) mass is 1080 g/mol. The number of esters is 4. The van der Waals surface area contributed by atoms with Gasteiger partial charge in [-0.25, -0.2) is 18.4 Å². The zero-order valence-corrected chi connectivity index (χ0v) is 44.5. The van der Waals surface area contributed by atoms with E-state index in [1.54, 1.807) is 0 Å². The molecule has 0 bridgehead atoms. The number of terminal acetylenes is 2. The smallest absolute Gasteiger partial charge is 0.857 e. The van der Waals surface area contributed by atoms with E-state index in [2.05, 4.69) is 22.5 Å². The van der Waals surface area contributed by atoms with Gasteiger partial charge in [-0.15, -0.1) is 24.7 Å². The predicted octanol–water partition coefficient (Wildman–Crippen LogP) is -1.49. The van der Waals surface area contributed by atoms with Crippen LogP contribution < -0.4 is 54.8 Å². The number of alkyl halides is 2. The zero-order valence-electron chi connectivity index (χ0n) is 42.5. The maximum absolute atomic E-state index is 14.0. The third-order valence-corrected chi connectivity index (χ3v) is 10.1. The number of halogens is 2. The van der Waals surface area contributed by atoms with Crippen molar-refractivity contribution in [1.29, 1.82) is 0 Å². The minimum Gasteiger partial charge on any atom is -0.857 e. The number of hydrogen-bond donors (Lipinski definition) is 7. The van der Waals surface area contributed by atoms with Gasteiger partial charge in [0.25, 0.3) is 0 Å². The number of carbonyl (C=O) groups excluding carboxylic acids is 6. The van der Waals surface area contributed by atoms with Gasteiger partial charge in [0.15, 0.2) is 24.4 Å². The summed E-state index contributed by atoms with van der Waals surface area (Å²) in [6, 6.07) is 8.18. The Morgan fingerprint density at radius 2 is 1.05 bits per heavy atom. The summed E-state index contributed by atoms with van der Waals surface area (Å²) < 4.78 is 69.9. The van der Waals surface area contributed by atoms with Crippen molar-refractivity contribution in [1.82, 2.24) is 0 Å². The van der Waals surface area contributed by atoms with Crippen LogP contribution in [0.3, 0.4) is 0 Å². The number of aliphatic hydroxyl groups is 4. The van der Waals surface area contributed by atoms with Crippen LogP contribution >= 0.6 is 0 Å². The fourth-order valence-corrected chi connectivity index (χ4v) is 6.80. The summed E-state index contributed by atoms with van der Waals surface area (Å²) in [6.07, 6.45) is -2.41. The summed E-state index contributed by atoms with van der Waals surface area (Å²) in [6.45, 7) is 1.14. The number of anilines is 2. The Morgan fingerprint density at radius 3 is 1.45 bits per heavy atom. The van der Waals surface area contributed by atoms with Crippen molar-refractivity contribution in [3.05, 3.63) is 47.5 Å². The second-order valence-electron chi connectivity index (χ2n) is 15.5. The molecule has 23 nitrogen and oxygen atoms in total. The first-order valence-corrected chi connectivity index (χ1v) is 22.5. The first-order chi connectivity index (χ1) is 35.3. The average Bonchev–Trinajstić information content (AvgIpc) is 3.37. The molecule has 10 atom stereocenters. The molecule has 0 radical (unpaired) electrons. The van der Waals surface area contributed by atoms with Crippen molar-refractivity contribution >= 4 is 53.0 Å². The molecule has 2 heterocycles. The minimum atomic E-state index is -1.86. The molecule has 7 N–H and O–H groups in total. The maximum atomic E-state index is 14.0. The van der Waals surface area contributed by atoms with Crippen LogP contribution in [-0.2, 0) is 75.3 Å². The van der Waals surface area contributed by atoms with E-state index >= 15 is 0 Å². The average molecular weight is 1080 g/mol. The fourth-order valence-electron chi connectivity index (χ4n) is 6.80. The Balaban J connectivity index is 0.00000140. The van der Waals surface area contributed by atoms with E-state index in [0.29, 0.717) is 49.9 Å². The fraction of sp³-hybridized carbons (Fsp3) is 0.531. The number of amides is 2. The van der Waals surface area contributed by atoms with Gasteiger partial charge in [-0.2, -0.15) is 7.11 Å². The van der Waals surface area contributed by atoms with Crippen LogP contribution in [0.25, 0.3) is 0 Å². The van der Waals surface area contributed by atoms with Crippen molar-refractivity contribution in [3.63, 3.8) is 0 Å². The molecule has 4 rings (SSSR count). The molecule has 2 aliphatic heterocycles. The van der Waals surface area contributed by atoms with Crippen LogP contribution in [0.15, 0.2) is 36.4 Å². The van der Waals surface area contributed by atoms with E-state index in [9.17, 15) is 57.7 Å². The second kappa shape index (κ2) is 36.9. The molecule has 2 aliphatic rings. The van der Waals surface area contributed by atoms with Crippen molar-refractivity contribution < 1.29 is 140 Å². The molecule has 2 aromatic rings. The van der Waals surface area contributed by atoms with Gasteiger partial charge in [0, 0.05) is 76.1 Å². The number of methoxy groups -OCH3 is 1. The third-order valence-electron chi connectivity index (χ3n) is 10.1. The maximum Gasteiger partial charge on any atom is 1.00 e.